The van der Waals surface area contributed by atoms with Crippen LogP contribution in [0.3, 0.4) is 0 Å². The van der Waals surface area contributed by atoms with Crippen LogP contribution in [0.2, 0.25) is 0 Å². The standard InChI is InChI=1S/C15H13F3N4O/c16-15(17,18)9-3-1-4-10(7-9)22-13(20)12-6-2-5-11(8-19)21(12)14(22)23/h1,3-4,7,11-12,20H,2,5-6H2. The minimum atomic E-state index is -4.52. The van der Waals surface area contributed by atoms with Crippen molar-refractivity contribution in [2.24, 2.45) is 0 Å². The van der Waals surface area contributed by atoms with E-state index in [1.807, 2.05) is 6.07 Å². The maximum absolute atomic E-state index is 12.9. The minimum absolute atomic E-state index is 0.000847. The summed E-state index contributed by atoms with van der Waals surface area (Å²) in [5, 5.41) is 17.3. The van der Waals surface area contributed by atoms with E-state index in [1.54, 1.807) is 0 Å². The van der Waals surface area contributed by atoms with Gasteiger partial charge in [0.15, 0.2) is 0 Å². The summed E-state index contributed by atoms with van der Waals surface area (Å²) in [5.74, 6) is -0.0747. The number of carbonyl (C=O) groups is 1. The second kappa shape index (κ2) is 5.26. The SMILES string of the molecule is N#CC1CCCC2C(=N)N(c3cccc(C(F)(F)F)c3)C(=O)N12. The number of urea groups is 1. The Hall–Kier alpha value is -2.56. The monoisotopic (exact) mass is 322 g/mol. The second-order valence-electron chi connectivity index (χ2n) is 5.55. The smallest absolute Gasteiger partial charge is 0.298 e. The fourth-order valence-electron chi connectivity index (χ4n) is 3.10. The number of piperidine rings is 1. The molecule has 2 aliphatic rings. The van der Waals surface area contributed by atoms with Gasteiger partial charge in [0.25, 0.3) is 0 Å². The molecule has 0 bridgehead atoms. The molecule has 5 nitrogen and oxygen atoms in total. The number of rotatable bonds is 1. The van der Waals surface area contributed by atoms with Crippen LogP contribution < -0.4 is 4.90 Å². The molecule has 2 atom stereocenters. The molecular weight excluding hydrogens is 309 g/mol. The summed E-state index contributed by atoms with van der Waals surface area (Å²) in [7, 11) is 0. The lowest BCUT2D eigenvalue weighted by Gasteiger charge is -2.31. The number of nitrogens with zero attached hydrogens (tertiary/aromatic N) is 3. The van der Waals surface area contributed by atoms with Crippen LogP contribution in [0.5, 0.6) is 0 Å². The van der Waals surface area contributed by atoms with Gasteiger partial charge in [0.2, 0.25) is 0 Å². The Bertz CT molecular complexity index is 709. The highest BCUT2D eigenvalue weighted by Gasteiger charge is 2.48. The summed E-state index contributed by atoms with van der Waals surface area (Å²) in [6.07, 6.45) is -2.77. The number of nitrogens with one attached hydrogen (secondary N) is 1. The predicted molar refractivity (Wildman–Crippen MR) is 75.9 cm³/mol. The Balaban J connectivity index is 2.00. The number of alkyl halides is 3. The molecule has 2 amide bonds. The van der Waals surface area contributed by atoms with Gasteiger partial charge in [-0.2, -0.15) is 18.4 Å². The van der Waals surface area contributed by atoms with Crippen LogP contribution in [0.15, 0.2) is 24.3 Å². The van der Waals surface area contributed by atoms with E-state index in [2.05, 4.69) is 0 Å². The van der Waals surface area contributed by atoms with E-state index >= 15 is 0 Å². The van der Waals surface area contributed by atoms with Crippen LogP contribution in [-0.4, -0.2) is 28.9 Å². The zero-order valence-electron chi connectivity index (χ0n) is 12.0. The quantitative estimate of drug-likeness (QED) is 0.861. The molecule has 0 aromatic heterocycles. The first-order valence-corrected chi connectivity index (χ1v) is 7.12. The molecule has 1 N–H and O–H groups in total. The first-order valence-electron chi connectivity index (χ1n) is 7.12. The first kappa shape index (κ1) is 15.3. The molecule has 2 unspecified atom stereocenters. The van der Waals surface area contributed by atoms with Crippen molar-refractivity contribution in [1.29, 1.82) is 10.7 Å². The van der Waals surface area contributed by atoms with Crippen molar-refractivity contribution >= 4 is 17.6 Å². The molecule has 0 aliphatic carbocycles. The van der Waals surface area contributed by atoms with E-state index in [0.717, 1.165) is 17.0 Å². The van der Waals surface area contributed by atoms with Crippen molar-refractivity contribution in [2.75, 3.05) is 4.90 Å². The van der Waals surface area contributed by atoms with Crippen molar-refractivity contribution in [3.63, 3.8) is 0 Å². The molecule has 1 aromatic rings. The lowest BCUT2D eigenvalue weighted by atomic mass is 9.97. The maximum atomic E-state index is 12.9. The Kier molecular flexibility index (Phi) is 3.51. The van der Waals surface area contributed by atoms with E-state index < -0.39 is 29.9 Å². The Morgan fingerprint density at radius 2 is 2.04 bits per heavy atom. The van der Waals surface area contributed by atoms with Gasteiger partial charge in [0, 0.05) is 0 Å². The molecule has 1 aromatic carbocycles. The minimum Gasteiger partial charge on any atom is -0.298 e. The van der Waals surface area contributed by atoms with Crippen molar-refractivity contribution in [3.8, 4) is 6.07 Å². The molecule has 2 aliphatic heterocycles. The van der Waals surface area contributed by atoms with Crippen molar-refractivity contribution < 1.29 is 18.0 Å². The Morgan fingerprint density at radius 1 is 1.30 bits per heavy atom. The molecule has 23 heavy (non-hydrogen) atoms. The van der Waals surface area contributed by atoms with E-state index in [1.165, 1.54) is 17.0 Å². The van der Waals surface area contributed by atoms with Gasteiger partial charge in [-0.05, 0) is 37.5 Å². The molecule has 2 heterocycles. The molecular formula is C15H13F3N4O. The number of fused-ring (bicyclic) bond motifs is 1. The average molecular weight is 322 g/mol. The average Bonchev–Trinajstić information content (AvgIpc) is 2.78. The largest absolute Gasteiger partial charge is 0.416 e. The normalized spacial score (nSPS) is 24.6. The van der Waals surface area contributed by atoms with Gasteiger partial charge in [-0.3, -0.25) is 10.3 Å². The summed E-state index contributed by atoms with van der Waals surface area (Å²) in [5.41, 5.74) is -0.877. The van der Waals surface area contributed by atoms with Crippen LogP contribution >= 0.6 is 0 Å². The Morgan fingerprint density at radius 3 is 2.70 bits per heavy atom. The number of carbonyl (C=O) groups excluding carboxylic acids is 1. The van der Waals surface area contributed by atoms with Crippen LogP contribution in [0, 0.1) is 16.7 Å². The number of nitriles is 1. The van der Waals surface area contributed by atoms with Crippen LogP contribution in [-0.2, 0) is 6.18 Å². The lowest BCUT2D eigenvalue weighted by molar-refractivity contribution is -0.137. The number of anilines is 1. The van der Waals surface area contributed by atoms with Gasteiger partial charge in [0.05, 0.1) is 23.4 Å². The van der Waals surface area contributed by atoms with Crippen molar-refractivity contribution in [3.05, 3.63) is 29.8 Å². The summed E-state index contributed by atoms with van der Waals surface area (Å²) < 4.78 is 38.6. The molecule has 0 radical (unpaired) electrons. The van der Waals surface area contributed by atoms with E-state index in [9.17, 15) is 18.0 Å². The van der Waals surface area contributed by atoms with Crippen LogP contribution in [0.25, 0.3) is 0 Å². The second-order valence-corrected chi connectivity index (χ2v) is 5.55. The number of amidine groups is 1. The summed E-state index contributed by atoms with van der Waals surface area (Å²) in [6.45, 7) is 0. The van der Waals surface area contributed by atoms with Gasteiger partial charge in [-0.15, -0.1) is 0 Å². The molecule has 0 saturated carbocycles. The van der Waals surface area contributed by atoms with Crippen molar-refractivity contribution in [2.45, 2.75) is 37.5 Å². The third kappa shape index (κ3) is 2.42. The summed E-state index contributed by atoms with van der Waals surface area (Å²) >= 11 is 0. The number of hydrogen-bond acceptors (Lipinski definition) is 3. The summed E-state index contributed by atoms with van der Waals surface area (Å²) in [4.78, 5) is 14.8. The highest BCUT2D eigenvalue weighted by molar-refractivity contribution is 6.22. The zero-order chi connectivity index (χ0) is 16.8. The third-order valence-electron chi connectivity index (χ3n) is 4.18. The van der Waals surface area contributed by atoms with Gasteiger partial charge in [-0.25, -0.2) is 9.69 Å². The fraction of sp³-hybridized carbons (Fsp3) is 0.400. The maximum Gasteiger partial charge on any atom is 0.416 e. The van der Waals surface area contributed by atoms with Crippen LogP contribution in [0.1, 0.15) is 24.8 Å². The molecule has 2 saturated heterocycles. The number of amides is 2. The fourth-order valence-corrected chi connectivity index (χ4v) is 3.10. The first-order chi connectivity index (χ1) is 10.8. The van der Waals surface area contributed by atoms with Gasteiger partial charge < -0.3 is 0 Å². The number of benzene rings is 1. The molecule has 3 rings (SSSR count). The number of hydrogen-bond donors (Lipinski definition) is 1. The van der Waals surface area contributed by atoms with E-state index in [0.29, 0.717) is 19.3 Å². The van der Waals surface area contributed by atoms with Gasteiger partial charge in [-0.1, -0.05) is 6.07 Å². The topological polar surface area (TPSA) is 71.2 Å². The highest BCUT2D eigenvalue weighted by atomic mass is 19.4. The molecule has 8 heteroatoms. The van der Waals surface area contributed by atoms with Gasteiger partial charge in [0.1, 0.15) is 11.9 Å². The molecule has 0 spiro atoms. The molecule has 2 fully saturated rings. The van der Waals surface area contributed by atoms with Crippen LogP contribution in [0.4, 0.5) is 23.7 Å². The van der Waals surface area contributed by atoms with Crippen molar-refractivity contribution in [1.82, 2.24) is 4.90 Å². The number of halogens is 3. The third-order valence-corrected chi connectivity index (χ3v) is 4.18. The lowest BCUT2D eigenvalue weighted by Crippen LogP contribution is -2.45. The zero-order valence-corrected chi connectivity index (χ0v) is 12.0. The summed E-state index contributed by atoms with van der Waals surface area (Å²) in [6, 6.07) is 4.58. The highest BCUT2D eigenvalue weighted by Crippen LogP contribution is 2.36. The van der Waals surface area contributed by atoms with E-state index in [4.69, 9.17) is 10.7 Å². The van der Waals surface area contributed by atoms with Gasteiger partial charge >= 0.3 is 12.2 Å². The Labute approximate surface area is 130 Å². The van der Waals surface area contributed by atoms with E-state index in [-0.39, 0.29) is 11.5 Å². The molecule has 120 valence electrons. The predicted octanol–water partition coefficient (Wildman–Crippen LogP) is 3.37.